The summed E-state index contributed by atoms with van der Waals surface area (Å²) in [5.74, 6) is 5.82. The van der Waals surface area contributed by atoms with Crippen LogP contribution in [0.25, 0.3) is 0 Å². The minimum Gasteiger partial charge on any atom is -0.486 e. The second-order valence-electron chi connectivity index (χ2n) is 2.55. The number of halogens is 3. The smallest absolute Gasteiger partial charge is 0.272 e. The third-order valence-electron chi connectivity index (χ3n) is 1.39. The van der Waals surface area contributed by atoms with E-state index in [1.807, 2.05) is 0 Å². The number of hydrogen-bond acceptors (Lipinski definition) is 2. The Labute approximate surface area is 91.2 Å². The molecule has 0 atom stereocenters. The normalized spacial score (nSPS) is 9.60. The van der Waals surface area contributed by atoms with Gasteiger partial charge in [-0.3, -0.25) is 4.98 Å². The molecule has 1 heterocycles. The van der Waals surface area contributed by atoms with Gasteiger partial charge in [0.05, 0.1) is 12.1 Å². The van der Waals surface area contributed by atoms with Gasteiger partial charge in [0.2, 0.25) is 0 Å². The van der Waals surface area contributed by atoms with Crippen molar-refractivity contribution in [3.63, 3.8) is 0 Å². The highest BCUT2D eigenvalue weighted by Gasteiger charge is 2.03. The number of hydrogen-bond donors (Lipinski definition) is 0. The van der Waals surface area contributed by atoms with Crippen LogP contribution < -0.4 is 4.74 Å². The van der Waals surface area contributed by atoms with Gasteiger partial charge in [0.25, 0.3) is 6.43 Å². The van der Waals surface area contributed by atoms with E-state index in [9.17, 15) is 8.78 Å². The average molecular weight is 232 g/mol. The van der Waals surface area contributed by atoms with Crippen LogP contribution >= 0.6 is 11.6 Å². The molecule has 1 rings (SSSR count). The molecule has 0 amide bonds. The number of ether oxygens (including phenoxy) is 1. The molecule has 2 nitrogen and oxygen atoms in total. The van der Waals surface area contributed by atoms with E-state index in [4.69, 9.17) is 16.3 Å². The molecule has 0 aliphatic rings. The van der Waals surface area contributed by atoms with Crippen LogP contribution in [0.3, 0.4) is 0 Å². The Morgan fingerprint density at radius 1 is 1.47 bits per heavy atom. The van der Waals surface area contributed by atoms with Crippen LogP contribution in [0.4, 0.5) is 8.78 Å². The van der Waals surface area contributed by atoms with Gasteiger partial charge < -0.3 is 4.74 Å². The van der Waals surface area contributed by atoms with Gasteiger partial charge in [0.1, 0.15) is 12.4 Å². The Hall–Kier alpha value is -1.34. The molecule has 0 spiro atoms. The quantitative estimate of drug-likeness (QED) is 0.588. The fourth-order valence-corrected chi connectivity index (χ4v) is 0.928. The molecule has 0 saturated carbocycles. The third-order valence-corrected chi connectivity index (χ3v) is 1.52. The van der Waals surface area contributed by atoms with E-state index >= 15 is 0 Å². The Morgan fingerprint density at radius 3 is 2.93 bits per heavy atom. The standard InChI is InChI=1S/C10H8ClF2NO/c11-3-1-2-8-4-9(6-14-5-8)15-7-10(12)13/h4-6,10H,3,7H2. The van der Waals surface area contributed by atoms with Gasteiger partial charge in [-0.25, -0.2) is 8.78 Å². The van der Waals surface area contributed by atoms with Gasteiger partial charge in [-0.15, -0.1) is 11.6 Å². The summed E-state index contributed by atoms with van der Waals surface area (Å²) >= 11 is 5.37. The van der Waals surface area contributed by atoms with Gasteiger partial charge in [-0.05, 0) is 6.07 Å². The monoisotopic (exact) mass is 231 g/mol. The maximum atomic E-state index is 11.8. The predicted octanol–water partition coefficient (Wildman–Crippen LogP) is 2.32. The van der Waals surface area contributed by atoms with E-state index in [1.165, 1.54) is 18.5 Å². The molecule has 0 bridgehead atoms. The zero-order valence-corrected chi connectivity index (χ0v) is 8.47. The van der Waals surface area contributed by atoms with Crippen molar-refractivity contribution < 1.29 is 13.5 Å². The third kappa shape index (κ3) is 4.61. The fourth-order valence-electron chi connectivity index (χ4n) is 0.861. The van der Waals surface area contributed by atoms with Crippen molar-refractivity contribution in [1.29, 1.82) is 0 Å². The van der Waals surface area contributed by atoms with E-state index in [0.717, 1.165) is 0 Å². The molecule has 0 N–H and O–H groups in total. The van der Waals surface area contributed by atoms with Gasteiger partial charge >= 0.3 is 0 Å². The lowest BCUT2D eigenvalue weighted by atomic mass is 10.3. The number of pyridine rings is 1. The largest absolute Gasteiger partial charge is 0.486 e. The second kappa shape index (κ2) is 6.20. The molecular weight excluding hydrogens is 224 g/mol. The first-order chi connectivity index (χ1) is 7.22. The highest BCUT2D eigenvalue weighted by atomic mass is 35.5. The van der Waals surface area contributed by atoms with Crippen molar-refractivity contribution in [2.75, 3.05) is 12.5 Å². The van der Waals surface area contributed by atoms with Crippen LogP contribution in [0.2, 0.25) is 0 Å². The van der Waals surface area contributed by atoms with Crippen molar-refractivity contribution >= 4 is 11.6 Å². The summed E-state index contributed by atoms with van der Waals surface area (Å²) in [5.41, 5.74) is 0.586. The van der Waals surface area contributed by atoms with E-state index < -0.39 is 13.0 Å². The number of aromatic nitrogens is 1. The molecule has 1 aromatic rings. The lowest BCUT2D eigenvalue weighted by molar-refractivity contribution is 0.0817. The maximum Gasteiger partial charge on any atom is 0.272 e. The Balaban J connectivity index is 2.65. The van der Waals surface area contributed by atoms with Crippen LogP contribution in [0.15, 0.2) is 18.5 Å². The van der Waals surface area contributed by atoms with Gasteiger partial charge in [-0.2, -0.15) is 0 Å². The molecule has 0 radical (unpaired) electrons. The molecule has 0 aliphatic heterocycles. The van der Waals surface area contributed by atoms with Crippen LogP contribution in [0, 0.1) is 11.8 Å². The molecule has 0 fully saturated rings. The molecule has 80 valence electrons. The summed E-state index contributed by atoms with van der Waals surface area (Å²) in [6.07, 6.45) is 0.367. The number of rotatable bonds is 3. The first kappa shape index (κ1) is 11.7. The molecule has 0 aromatic carbocycles. The molecule has 0 aliphatic carbocycles. The lowest BCUT2D eigenvalue weighted by Gasteiger charge is -2.04. The van der Waals surface area contributed by atoms with Crippen molar-refractivity contribution in [2.45, 2.75) is 6.43 Å². The summed E-state index contributed by atoms with van der Waals surface area (Å²) < 4.78 is 28.4. The summed E-state index contributed by atoms with van der Waals surface area (Å²) in [4.78, 5) is 3.80. The average Bonchev–Trinajstić information content (AvgIpc) is 2.24. The van der Waals surface area contributed by atoms with Crippen molar-refractivity contribution in [2.24, 2.45) is 0 Å². The van der Waals surface area contributed by atoms with Crippen LogP contribution in [-0.4, -0.2) is 23.9 Å². The first-order valence-corrected chi connectivity index (χ1v) is 4.66. The zero-order valence-electron chi connectivity index (χ0n) is 7.71. The van der Waals surface area contributed by atoms with Crippen molar-refractivity contribution in [3.05, 3.63) is 24.0 Å². The number of alkyl halides is 3. The minimum absolute atomic E-state index is 0.210. The Bertz CT molecular complexity index is 373. The molecule has 0 saturated heterocycles. The molecule has 0 unspecified atom stereocenters. The summed E-state index contributed by atoms with van der Waals surface area (Å²) in [5, 5.41) is 0. The van der Waals surface area contributed by atoms with E-state index in [-0.39, 0.29) is 11.6 Å². The van der Waals surface area contributed by atoms with E-state index in [1.54, 1.807) is 0 Å². The predicted molar refractivity (Wildman–Crippen MR) is 53.3 cm³/mol. The summed E-state index contributed by atoms with van der Waals surface area (Å²) in [6.45, 7) is -0.645. The van der Waals surface area contributed by atoms with Gasteiger partial charge in [0, 0.05) is 11.8 Å². The summed E-state index contributed by atoms with van der Waals surface area (Å²) in [6, 6.07) is 1.54. The lowest BCUT2D eigenvalue weighted by Crippen LogP contribution is -2.07. The van der Waals surface area contributed by atoms with E-state index in [2.05, 4.69) is 16.8 Å². The van der Waals surface area contributed by atoms with Gasteiger partial charge in [0.15, 0.2) is 0 Å². The second-order valence-corrected chi connectivity index (χ2v) is 2.81. The Kier molecular flexibility index (Phi) is 4.85. The van der Waals surface area contributed by atoms with Crippen molar-refractivity contribution in [1.82, 2.24) is 4.98 Å². The maximum absolute atomic E-state index is 11.8. The van der Waals surface area contributed by atoms with Gasteiger partial charge in [-0.1, -0.05) is 11.8 Å². The molecule has 1 aromatic heterocycles. The first-order valence-electron chi connectivity index (χ1n) is 4.13. The van der Waals surface area contributed by atoms with Crippen LogP contribution in [0.5, 0.6) is 5.75 Å². The van der Waals surface area contributed by atoms with E-state index in [0.29, 0.717) is 5.56 Å². The fraction of sp³-hybridized carbons (Fsp3) is 0.300. The van der Waals surface area contributed by atoms with Crippen LogP contribution in [0.1, 0.15) is 5.56 Å². The van der Waals surface area contributed by atoms with Crippen LogP contribution in [-0.2, 0) is 0 Å². The minimum atomic E-state index is -2.50. The highest BCUT2D eigenvalue weighted by Crippen LogP contribution is 2.11. The Morgan fingerprint density at radius 2 is 2.27 bits per heavy atom. The zero-order chi connectivity index (χ0) is 11.1. The molecular formula is C10H8ClF2NO. The highest BCUT2D eigenvalue weighted by molar-refractivity contribution is 6.19. The number of nitrogens with zero attached hydrogens (tertiary/aromatic N) is 1. The van der Waals surface area contributed by atoms with Crippen molar-refractivity contribution in [3.8, 4) is 17.6 Å². The summed E-state index contributed by atoms with van der Waals surface area (Å²) in [7, 11) is 0. The topological polar surface area (TPSA) is 22.1 Å². The molecule has 15 heavy (non-hydrogen) atoms. The molecule has 5 heteroatoms. The SMILES string of the molecule is FC(F)COc1cncc(C#CCCl)c1.